The maximum absolute atomic E-state index is 4.88. The molecule has 1 N–H and O–H groups in total. The number of nitrogens with one attached hydrogen (secondary N) is 1. The van der Waals surface area contributed by atoms with Gasteiger partial charge in [0.15, 0.2) is 10.8 Å². The second kappa shape index (κ2) is 6.14. The first-order chi connectivity index (χ1) is 9.75. The molecule has 0 bridgehead atoms. The molecule has 4 nitrogen and oxygen atoms in total. The zero-order valence-electron chi connectivity index (χ0n) is 12.4. The van der Waals surface area contributed by atoms with Gasteiger partial charge in [-0.25, -0.2) is 4.98 Å². The molecule has 1 aliphatic heterocycles. The Morgan fingerprint density at radius 3 is 2.70 bits per heavy atom. The number of hydrogen-bond acceptors (Lipinski definition) is 4. The molecular formula is C15H24N4S. The molecule has 5 heteroatoms. The summed E-state index contributed by atoms with van der Waals surface area (Å²) in [7, 11) is 0. The van der Waals surface area contributed by atoms with Crippen LogP contribution in [-0.2, 0) is 6.54 Å². The van der Waals surface area contributed by atoms with Gasteiger partial charge in [-0.05, 0) is 12.8 Å². The van der Waals surface area contributed by atoms with Crippen LogP contribution in [0.1, 0.15) is 45.2 Å². The van der Waals surface area contributed by atoms with Crippen molar-refractivity contribution in [2.24, 2.45) is 0 Å². The summed E-state index contributed by atoms with van der Waals surface area (Å²) >= 11 is 1.72. The normalized spacial score (nSPS) is 17.1. The van der Waals surface area contributed by atoms with Crippen LogP contribution in [0.15, 0.2) is 11.6 Å². The van der Waals surface area contributed by atoms with E-state index in [0.29, 0.717) is 6.04 Å². The van der Waals surface area contributed by atoms with Crippen LogP contribution in [0.2, 0.25) is 0 Å². The molecule has 0 unspecified atom stereocenters. The Labute approximate surface area is 124 Å². The fourth-order valence-electron chi connectivity index (χ4n) is 2.82. The largest absolute Gasteiger partial charge is 0.355 e. The lowest BCUT2D eigenvalue weighted by molar-refractivity contribution is 0.578. The molecule has 2 aromatic heterocycles. The van der Waals surface area contributed by atoms with Crippen molar-refractivity contribution in [3.63, 3.8) is 0 Å². The number of thiazole rings is 1. The van der Waals surface area contributed by atoms with Crippen molar-refractivity contribution in [2.45, 2.75) is 52.1 Å². The predicted molar refractivity (Wildman–Crippen MR) is 85.7 cm³/mol. The van der Waals surface area contributed by atoms with Crippen LogP contribution >= 0.6 is 11.3 Å². The quantitative estimate of drug-likeness (QED) is 0.938. The lowest BCUT2D eigenvalue weighted by Crippen LogP contribution is -2.28. The van der Waals surface area contributed by atoms with Crippen LogP contribution in [0, 0.1) is 0 Å². The number of imidazole rings is 1. The molecular weight excluding hydrogens is 268 g/mol. The first-order valence-corrected chi connectivity index (χ1v) is 8.56. The highest BCUT2D eigenvalue weighted by molar-refractivity contribution is 7.15. The van der Waals surface area contributed by atoms with Crippen molar-refractivity contribution in [3.05, 3.63) is 17.3 Å². The van der Waals surface area contributed by atoms with Crippen LogP contribution in [0.5, 0.6) is 0 Å². The van der Waals surface area contributed by atoms with Crippen molar-refractivity contribution in [3.8, 4) is 0 Å². The molecule has 2 aromatic rings. The number of rotatable bonds is 4. The van der Waals surface area contributed by atoms with E-state index in [1.54, 1.807) is 11.3 Å². The molecule has 1 aliphatic rings. The monoisotopic (exact) mass is 292 g/mol. The average Bonchev–Trinajstić information content (AvgIpc) is 2.88. The molecule has 3 heterocycles. The van der Waals surface area contributed by atoms with Gasteiger partial charge in [-0.2, -0.15) is 0 Å². The molecule has 0 amide bonds. The lowest BCUT2D eigenvalue weighted by Gasteiger charge is -2.22. The third kappa shape index (κ3) is 2.83. The van der Waals surface area contributed by atoms with Gasteiger partial charge in [0, 0.05) is 37.3 Å². The topological polar surface area (TPSA) is 32.6 Å². The fraction of sp³-hybridized carbons (Fsp3) is 0.667. The molecule has 0 aromatic carbocycles. The Bertz CT molecular complexity index is 549. The Balaban J connectivity index is 1.91. The lowest BCUT2D eigenvalue weighted by atomic mass is 10.2. The van der Waals surface area contributed by atoms with E-state index in [4.69, 9.17) is 4.98 Å². The van der Waals surface area contributed by atoms with E-state index in [0.717, 1.165) is 24.6 Å². The van der Waals surface area contributed by atoms with Crippen molar-refractivity contribution < 1.29 is 0 Å². The Morgan fingerprint density at radius 2 is 2.00 bits per heavy atom. The smallest absolute Gasteiger partial charge is 0.195 e. The second-order valence-corrected chi connectivity index (χ2v) is 6.75. The number of aromatic nitrogens is 2. The molecule has 0 atom stereocenters. The van der Waals surface area contributed by atoms with Gasteiger partial charge in [0.1, 0.15) is 0 Å². The van der Waals surface area contributed by atoms with Gasteiger partial charge in [0.25, 0.3) is 0 Å². The van der Waals surface area contributed by atoms with Crippen molar-refractivity contribution in [1.82, 2.24) is 14.7 Å². The highest BCUT2D eigenvalue weighted by Crippen LogP contribution is 2.26. The molecule has 0 spiro atoms. The molecule has 1 saturated heterocycles. The molecule has 0 saturated carbocycles. The Kier molecular flexibility index (Phi) is 4.27. The zero-order chi connectivity index (χ0) is 13.9. The SMILES string of the molecule is CC(C)NCc1c(N2CCCCCC2)nc2sccn12. The minimum atomic E-state index is 0.496. The summed E-state index contributed by atoms with van der Waals surface area (Å²) in [5.41, 5.74) is 1.32. The molecule has 110 valence electrons. The first-order valence-electron chi connectivity index (χ1n) is 7.68. The van der Waals surface area contributed by atoms with Gasteiger partial charge in [0.2, 0.25) is 0 Å². The van der Waals surface area contributed by atoms with E-state index in [2.05, 4.69) is 40.0 Å². The summed E-state index contributed by atoms with van der Waals surface area (Å²) < 4.78 is 2.25. The van der Waals surface area contributed by atoms with Gasteiger partial charge >= 0.3 is 0 Å². The van der Waals surface area contributed by atoms with Crippen LogP contribution in [0.4, 0.5) is 5.82 Å². The molecule has 1 fully saturated rings. The zero-order valence-corrected chi connectivity index (χ0v) is 13.2. The fourth-order valence-corrected chi connectivity index (χ4v) is 3.55. The van der Waals surface area contributed by atoms with E-state index < -0.39 is 0 Å². The van der Waals surface area contributed by atoms with Crippen LogP contribution in [-0.4, -0.2) is 28.5 Å². The Hall–Kier alpha value is -1.07. The van der Waals surface area contributed by atoms with Gasteiger partial charge in [-0.3, -0.25) is 4.40 Å². The van der Waals surface area contributed by atoms with Gasteiger partial charge in [-0.15, -0.1) is 11.3 Å². The van der Waals surface area contributed by atoms with E-state index in [1.807, 2.05) is 0 Å². The van der Waals surface area contributed by atoms with Crippen LogP contribution in [0.25, 0.3) is 4.96 Å². The summed E-state index contributed by atoms with van der Waals surface area (Å²) in [6.45, 7) is 7.58. The first kappa shape index (κ1) is 13.9. The summed E-state index contributed by atoms with van der Waals surface area (Å²) in [6, 6.07) is 0.496. The summed E-state index contributed by atoms with van der Waals surface area (Å²) in [5.74, 6) is 1.20. The number of anilines is 1. The highest BCUT2D eigenvalue weighted by atomic mass is 32.1. The second-order valence-electron chi connectivity index (χ2n) is 5.87. The highest BCUT2D eigenvalue weighted by Gasteiger charge is 2.19. The molecule has 0 radical (unpaired) electrons. The minimum absolute atomic E-state index is 0.496. The minimum Gasteiger partial charge on any atom is -0.355 e. The van der Waals surface area contributed by atoms with Crippen LogP contribution in [0.3, 0.4) is 0 Å². The Morgan fingerprint density at radius 1 is 1.25 bits per heavy atom. The summed E-state index contributed by atoms with van der Waals surface area (Å²) in [5, 5.41) is 5.66. The maximum atomic E-state index is 4.88. The third-order valence-corrected chi connectivity index (χ3v) is 4.68. The number of hydrogen-bond donors (Lipinski definition) is 1. The van der Waals surface area contributed by atoms with E-state index in [-0.39, 0.29) is 0 Å². The standard InChI is InChI=1S/C15H24N4S/c1-12(2)16-11-13-14(17-15-19(13)9-10-20-15)18-7-5-3-4-6-8-18/h9-10,12,16H,3-8,11H2,1-2H3. The molecule has 3 rings (SSSR count). The maximum Gasteiger partial charge on any atom is 0.195 e. The average molecular weight is 292 g/mol. The van der Waals surface area contributed by atoms with Crippen molar-refractivity contribution in [2.75, 3.05) is 18.0 Å². The van der Waals surface area contributed by atoms with Crippen LogP contribution < -0.4 is 10.2 Å². The van der Waals surface area contributed by atoms with Crippen molar-refractivity contribution in [1.29, 1.82) is 0 Å². The molecule has 0 aliphatic carbocycles. The van der Waals surface area contributed by atoms with E-state index >= 15 is 0 Å². The van der Waals surface area contributed by atoms with E-state index in [9.17, 15) is 0 Å². The molecule has 20 heavy (non-hydrogen) atoms. The van der Waals surface area contributed by atoms with Gasteiger partial charge < -0.3 is 10.2 Å². The van der Waals surface area contributed by atoms with Crippen molar-refractivity contribution >= 4 is 22.1 Å². The van der Waals surface area contributed by atoms with Gasteiger partial charge in [0.05, 0.1) is 5.69 Å². The summed E-state index contributed by atoms with van der Waals surface area (Å²) in [4.78, 5) is 8.49. The van der Waals surface area contributed by atoms with E-state index in [1.165, 1.54) is 37.2 Å². The predicted octanol–water partition coefficient (Wildman–Crippen LogP) is 3.27. The number of nitrogens with zero attached hydrogens (tertiary/aromatic N) is 3. The third-order valence-electron chi connectivity index (χ3n) is 3.92. The summed E-state index contributed by atoms with van der Waals surface area (Å²) in [6.07, 6.45) is 7.45. The number of fused-ring (bicyclic) bond motifs is 1. The van der Waals surface area contributed by atoms with Gasteiger partial charge in [-0.1, -0.05) is 26.7 Å².